The molecule has 3 rings (SSSR count). The molecule has 0 spiro atoms. The lowest BCUT2D eigenvalue weighted by molar-refractivity contribution is 0.102. The van der Waals surface area contributed by atoms with Crippen LogP contribution >= 0.6 is 11.6 Å². The highest BCUT2D eigenvalue weighted by molar-refractivity contribution is 6.34. The average Bonchev–Trinajstić information content (AvgIpc) is 2.62. The van der Waals surface area contributed by atoms with Gasteiger partial charge in [0.1, 0.15) is 0 Å². The van der Waals surface area contributed by atoms with E-state index in [1.165, 1.54) is 0 Å². The van der Waals surface area contributed by atoms with Gasteiger partial charge in [0.15, 0.2) is 0 Å². The van der Waals surface area contributed by atoms with Crippen LogP contribution in [0.5, 0.6) is 0 Å². The first-order chi connectivity index (χ1) is 11.7. The van der Waals surface area contributed by atoms with Crippen LogP contribution in [0.2, 0.25) is 5.02 Å². The van der Waals surface area contributed by atoms with E-state index >= 15 is 0 Å². The molecule has 0 aliphatic carbocycles. The van der Waals surface area contributed by atoms with Gasteiger partial charge in [-0.15, -0.1) is 0 Å². The molecule has 2 aromatic carbocycles. The SMILES string of the molecule is O=C(Nc1ccccc1N1CCC(CO)CC1)c1ccccc1Cl. The molecule has 1 fully saturated rings. The zero-order valence-corrected chi connectivity index (χ0v) is 14.2. The minimum atomic E-state index is -0.210. The molecule has 2 N–H and O–H groups in total. The van der Waals surface area contributed by atoms with Crippen LogP contribution in [0.1, 0.15) is 23.2 Å². The predicted molar refractivity (Wildman–Crippen MR) is 97.9 cm³/mol. The molecule has 0 saturated carbocycles. The Labute approximate surface area is 147 Å². The molecule has 0 aromatic heterocycles. The first-order valence-corrected chi connectivity index (χ1v) is 8.57. The van der Waals surface area contributed by atoms with Gasteiger partial charge >= 0.3 is 0 Å². The van der Waals surface area contributed by atoms with Gasteiger partial charge in [0.05, 0.1) is 22.0 Å². The van der Waals surface area contributed by atoms with Gasteiger partial charge in [-0.1, -0.05) is 35.9 Å². The Balaban J connectivity index is 1.77. The second-order valence-corrected chi connectivity index (χ2v) is 6.47. The lowest BCUT2D eigenvalue weighted by Gasteiger charge is -2.34. The summed E-state index contributed by atoms with van der Waals surface area (Å²) < 4.78 is 0. The molecule has 0 bridgehead atoms. The van der Waals surface area contributed by atoms with Crippen molar-refractivity contribution in [2.24, 2.45) is 5.92 Å². The molecule has 1 aliphatic rings. The van der Waals surface area contributed by atoms with Crippen LogP contribution < -0.4 is 10.2 Å². The summed E-state index contributed by atoms with van der Waals surface area (Å²) in [5.41, 5.74) is 2.26. The van der Waals surface area contributed by atoms with Crippen molar-refractivity contribution in [1.82, 2.24) is 0 Å². The standard InChI is InChI=1S/C19H21ClN2O2/c20-16-6-2-1-5-15(16)19(24)21-17-7-3-4-8-18(17)22-11-9-14(13-23)10-12-22/h1-8,14,23H,9-13H2,(H,21,24). The van der Waals surface area contributed by atoms with Crippen molar-refractivity contribution in [3.05, 3.63) is 59.1 Å². The molecule has 5 heteroatoms. The fraction of sp³-hybridized carbons (Fsp3) is 0.316. The number of para-hydroxylation sites is 2. The molecule has 0 atom stereocenters. The van der Waals surface area contributed by atoms with Crippen molar-refractivity contribution in [3.8, 4) is 0 Å². The van der Waals surface area contributed by atoms with Gasteiger partial charge in [-0.3, -0.25) is 4.79 Å². The van der Waals surface area contributed by atoms with Crippen LogP contribution in [0.4, 0.5) is 11.4 Å². The van der Waals surface area contributed by atoms with Crippen LogP contribution in [-0.4, -0.2) is 30.7 Å². The van der Waals surface area contributed by atoms with Gasteiger partial charge in [-0.2, -0.15) is 0 Å². The highest BCUT2D eigenvalue weighted by Crippen LogP contribution is 2.30. The Hall–Kier alpha value is -2.04. The van der Waals surface area contributed by atoms with E-state index in [-0.39, 0.29) is 12.5 Å². The van der Waals surface area contributed by atoms with E-state index in [1.807, 2.05) is 24.3 Å². The number of piperidine rings is 1. The zero-order valence-electron chi connectivity index (χ0n) is 13.4. The number of carbonyl (C=O) groups excluding carboxylic acids is 1. The molecular weight excluding hydrogens is 324 g/mol. The van der Waals surface area contributed by atoms with Crippen molar-refractivity contribution < 1.29 is 9.90 Å². The van der Waals surface area contributed by atoms with Gasteiger partial charge in [-0.05, 0) is 43.0 Å². The Morgan fingerprint density at radius 2 is 1.79 bits per heavy atom. The lowest BCUT2D eigenvalue weighted by Crippen LogP contribution is -2.35. The number of halogens is 1. The summed E-state index contributed by atoms with van der Waals surface area (Å²) >= 11 is 6.11. The predicted octanol–water partition coefficient (Wildman–Crippen LogP) is 3.80. The molecule has 1 saturated heterocycles. The Kier molecular flexibility index (Phi) is 5.38. The van der Waals surface area contributed by atoms with E-state index in [0.717, 1.165) is 37.3 Å². The first kappa shape index (κ1) is 16.8. The monoisotopic (exact) mass is 344 g/mol. The number of amides is 1. The highest BCUT2D eigenvalue weighted by atomic mass is 35.5. The third-order valence-corrected chi connectivity index (χ3v) is 4.81. The Morgan fingerprint density at radius 1 is 1.12 bits per heavy atom. The quantitative estimate of drug-likeness (QED) is 0.887. The second-order valence-electron chi connectivity index (χ2n) is 6.06. The number of carbonyl (C=O) groups is 1. The van der Waals surface area contributed by atoms with Gasteiger partial charge in [-0.25, -0.2) is 0 Å². The maximum atomic E-state index is 12.5. The van der Waals surface area contributed by atoms with Crippen molar-refractivity contribution in [1.29, 1.82) is 0 Å². The lowest BCUT2D eigenvalue weighted by atomic mass is 9.97. The second kappa shape index (κ2) is 7.69. The third-order valence-electron chi connectivity index (χ3n) is 4.48. The number of hydrogen-bond acceptors (Lipinski definition) is 3. The van der Waals surface area contributed by atoms with Crippen LogP contribution in [0.25, 0.3) is 0 Å². The molecule has 0 unspecified atom stereocenters. The molecule has 1 aliphatic heterocycles. The van der Waals surface area contributed by atoms with Gasteiger partial charge in [0.2, 0.25) is 0 Å². The van der Waals surface area contributed by atoms with Crippen LogP contribution in [0.15, 0.2) is 48.5 Å². The minimum Gasteiger partial charge on any atom is -0.396 e. The number of nitrogens with zero attached hydrogens (tertiary/aromatic N) is 1. The zero-order chi connectivity index (χ0) is 16.9. The average molecular weight is 345 g/mol. The molecular formula is C19H21ClN2O2. The van der Waals surface area contributed by atoms with Crippen molar-refractivity contribution in [3.63, 3.8) is 0 Å². The molecule has 24 heavy (non-hydrogen) atoms. The number of hydrogen-bond donors (Lipinski definition) is 2. The number of benzene rings is 2. The molecule has 4 nitrogen and oxygen atoms in total. The number of aliphatic hydroxyl groups is 1. The van der Waals surface area contributed by atoms with Crippen LogP contribution in [-0.2, 0) is 0 Å². The van der Waals surface area contributed by atoms with E-state index in [4.69, 9.17) is 11.6 Å². The molecule has 0 radical (unpaired) electrons. The van der Waals surface area contributed by atoms with Crippen molar-refractivity contribution >= 4 is 28.9 Å². The summed E-state index contributed by atoms with van der Waals surface area (Å²) in [6.45, 7) is 2.01. The Morgan fingerprint density at radius 3 is 2.50 bits per heavy atom. The summed E-state index contributed by atoms with van der Waals surface area (Å²) in [5.74, 6) is 0.171. The summed E-state index contributed by atoms with van der Waals surface area (Å²) in [7, 11) is 0. The molecule has 1 amide bonds. The number of nitrogens with one attached hydrogen (secondary N) is 1. The van der Waals surface area contributed by atoms with E-state index < -0.39 is 0 Å². The molecule has 126 valence electrons. The van der Waals surface area contributed by atoms with Gasteiger partial charge in [0.25, 0.3) is 5.91 Å². The van der Waals surface area contributed by atoms with Crippen molar-refractivity contribution in [2.45, 2.75) is 12.8 Å². The van der Waals surface area contributed by atoms with Crippen LogP contribution in [0, 0.1) is 5.92 Å². The summed E-state index contributed by atoms with van der Waals surface area (Å²) in [6, 6.07) is 14.8. The van der Waals surface area contributed by atoms with E-state index in [1.54, 1.807) is 24.3 Å². The summed E-state index contributed by atoms with van der Waals surface area (Å²) in [5, 5.41) is 12.7. The maximum absolute atomic E-state index is 12.5. The molecule has 2 aromatic rings. The number of anilines is 2. The van der Waals surface area contributed by atoms with E-state index in [0.29, 0.717) is 16.5 Å². The molecule has 1 heterocycles. The summed E-state index contributed by atoms with van der Waals surface area (Å²) in [6.07, 6.45) is 1.92. The van der Waals surface area contributed by atoms with Gasteiger partial charge < -0.3 is 15.3 Å². The largest absolute Gasteiger partial charge is 0.396 e. The normalized spacial score (nSPS) is 15.3. The maximum Gasteiger partial charge on any atom is 0.257 e. The first-order valence-electron chi connectivity index (χ1n) is 8.19. The third kappa shape index (κ3) is 3.71. The fourth-order valence-corrected chi connectivity index (χ4v) is 3.27. The number of rotatable bonds is 4. The van der Waals surface area contributed by atoms with Crippen molar-refractivity contribution in [2.75, 3.05) is 29.9 Å². The highest BCUT2D eigenvalue weighted by Gasteiger charge is 2.21. The Bertz CT molecular complexity index is 712. The van der Waals surface area contributed by atoms with E-state index in [9.17, 15) is 9.90 Å². The van der Waals surface area contributed by atoms with E-state index in [2.05, 4.69) is 10.2 Å². The minimum absolute atomic E-state index is 0.210. The van der Waals surface area contributed by atoms with Crippen LogP contribution in [0.3, 0.4) is 0 Å². The number of aliphatic hydroxyl groups excluding tert-OH is 1. The smallest absolute Gasteiger partial charge is 0.257 e. The fourth-order valence-electron chi connectivity index (χ4n) is 3.05. The van der Waals surface area contributed by atoms with Gasteiger partial charge in [0, 0.05) is 19.7 Å². The topological polar surface area (TPSA) is 52.6 Å². The summed E-state index contributed by atoms with van der Waals surface area (Å²) in [4.78, 5) is 14.8.